The minimum atomic E-state index is -0.144. The lowest BCUT2D eigenvalue weighted by Gasteiger charge is -2.06. The van der Waals surface area contributed by atoms with Crippen LogP contribution in [-0.2, 0) is 0 Å². The highest BCUT2D eigenvalue weighted by Gasteiger charge is 2.11. The van der Waals surface area contributed by atoms with E-state index < -0.39 is 0 Å². The third kappa shape index (κ3) is 3.64. The van der Waals surface area contributed by atoms with Crippen LogP contribution in [0.5, 0.6) is 5.75 Å². The Labute approximate surface area is 163 Å². The molecule has 4 aromatic rings. The molecule has 1 amide bonds. The van der Waals surface area contributed by atoms with Crippen LogP contribution in [-0.4, -0.2) is 23.2 Å². The maximum absolute atomic E-state index is 12.4. The van der Waals surface area contributed by atoms with Crippen LogP contribution >= 0.6 is 0 Å². The summed E-state index contributed by atoms with van der Waals surface area (Å²) in [6, 6.07) is 26.5. The molecule has 28 heavy (non-hydrogen) atoms. The normalized spacial score (nSPS) is 10.5. The molecule has 0 aliphatic carbocycles. The van der Waals surface area contributed by atoms with Crippen molar-refractivity contribution in [1.29, 1.82) is 0 Å². The molecule has 0 fully saturated rings. The van der Waals surface area contributed by atoms with E-state index in [2.05, 4.69) is 15.5 Å². The monoisotopic (exact) mass is 369 g/mol. The van der Waals surface area contributed by atoms with Crippen molar-refractivity contribution in [1.82, 2.24) is 10.2 Å². The number of aromatic amines is 1. The minimum absolute atomic E-state index is 0.144. The van der Waals surface area contributed by atoms with Gasteiger partial charge < -0.3 is 10.1 Å². The Morgan fingerprint density at radius 3 is 2.54 bits per heavy atom. The second-order valence-electron chi connectivity index (χ2n) is 6.27. The molecule has 5 heteroatoms. The van der Waals surface area contributed by atoms with E-state index in [-0.39, 0.29) is 5.91 Å². The summed E-state index contributed by atoms with van der Waals surface area (Å²) in [4.78, 5) is 12.4. The molecule has 0 radical (unpaired) electrons. The quantitative estimate of drug-likeness (QED) is 0.520. The minimum Gasteiger partial charge on any atom is -0.496 e. The van der Waals surface area contributed by atoms with Crippen LogP contribution in [0, 0.1) is 0 Å². The maximum atomic E-state index is 12.4. The van der Waals surface area contributed by atoms with Crippen LogP contribution in [0.15, 0.2) is 84.9 Å². The van der Waals surface area contributed by atoms with E-state index in [1.165, 1.54) is 0 Å². The van der Waals surface area contributed by atoms with Crippen molar-refractivity contribution >= 4 is 11.6 Å². The van der Waals surface area contributed by atoms with Crippen molar-refractivity contribution in [2.24, 2.45) is 0 Å². The fourth-order valence-electron chi connectivity index (χ4n) is 3.02. The molecule has 3 aromatic carbocycles. The first kappa shape index (κ1) is 17.5. The Hall–Kier alpha value is -3.86. The Morgan fingerprint density at radius 2 is 1.71 bits per heavy atom. The molecular formula is C23H19N3O2. The summed E-state index contributed by atoms with van der Waals surface area (Å²) >= 11 is 0. The van der Waals surface area contributed by atoms with Gasteiger partial charge in [0.05, 0.1) is 18.5 Å². The first-order valence-electron chi connectivity index (χ1n) is 8.90. The van der Waals surface area contributed by atoms with Crippen LogP contribution in [0.3, 0.4) is 0 Å². The number of anilines is 1. The number of hydrogen-bond donors (Lipinski definition) is 2. The number of nitrogens with one attached hydrogen (secondary N) is 2. The zero-order valence-corrected chi connectivity index (χ0v) is 15.3. The average molecular weight is 369 g/mol. The number of benzene rings is 3. The fraction of sp³-hybridized carbons (Fsp3) is 0.0435. The van der Waals surface area contributed by atoms with Gasteiger partial charge in [0.2, 0.25) is 0 Å². The predicted molar refractivity (Wildman–Crippen MR) is 110 cm³/mol. The van der Waals surface area contributed by atoms with Gasteiger partial charge in [-0.15, -0.1) is 0 Å². The number of amides is 1. The topological polar surface area (TPSA) is 67.0 Å². The van der Waals surface area contributed by atoms with Gasteiger partial charge >= 0.3 is 0 Å². The van der Waals surface area contributed by atoms with Crippen LogP contribution < -0.4 is 10.1 Å². The smallest absolute Gasteiger partial charge is 0.255 e. The molecule has 2 N–H and O–H groups in total. The van der Waals surface area contributed by atoms with Gasteiger partial charge in [-0.1, -0.05) is 42.5 Å². The summed E-state index contributed by atoms with van der Waals surface area (Å²) in [7, 11) is 1.65. The highest BCUT2D eigenvalue weighted by molar-refractivity contribution is 6.04. The van der Waals surface area contributed by atoms with Gasteiger partial charge in [-0.25, -0.2) is 0 Å². The first-order chi connectivity index (χ1) is 13.7. The molecule has 138 valence electrons. The predicted octanol–water partition coefficient (Wildman–Crippen LogP) is 5.00. The molecule has 1 aromatic heterocycles. The zero-order chi connectivity index (χ0) is 19.3. The van der Waals surface area contributed by atoms with E-state index >= 15 is 0 Å². The maximum Gasteiger partial charge on any atom is 0.255 e. The summed E-state index contributed by atoms with van der Waals surface area (Å²) in [6.45, 7) is 0. The number of H-pyrrole nitrogens is 1. The first-order valence-corrected chi connectivity index (χ1v) is 8.90. The van der Waals surface area contributed by atoms with E-state index in [9.17, 15) is 4.79 Å². The van der Waals surface area contributed by atoms with E-state index in [0.717, 1.165) is 28.3 Å². The van der Waals surface area contributed by atoms with E-state index in [4.69, 9.17) is 4.74 Å². The Bertz CT molecular complexity index is 1100. The molecule has 0 aliphatic rings. The summed E-state index contributed by atoms with van der Waals surface area (Å²) in [5.41, 5.74) is 4.84. The number of methoxy groups -OCH3 is 1. The summed E-state index contributed by atoms with van der Waals surface area (Å²) in [5, 5.41) is 10.4. The third-order valence-electron chi connectivity index (χ3n) is 4.43. The molecule has 0 atom stereocenters. The lowest BCUT2D eigenvalue weighted by Crippen LogP contribution is -2.11. The number of ether oxygens (including phenoxy) is 1. The number of nitrogens with zero attached hydrogens (tertiary/aromatic N) is 1. The number of aromatic nitrogens is 2. The molecule has 0 spiro atoms. The molecule has 0 unspecified atom stereocenters. The molecule has 0 saturated carbocycles. The van der Waals surface area contributed by atoms with Crippen molar-refractivity contribution < 1.29 is 9.53 Å². The van der Waals surface area contributed by atoms with E-state index in [0.29, 0.717) is 11.3 Å². The second kappa shape index (κ2) is 7.80. The van der Waals surface area contributed by atoms with Gasteiger partial charge in [-0.05, 0) is 42.5 Å². The van der Waals surface area contributed by atoms with Crippen LogP contribution in [0.4, 0.5) is 5.69 Å². The van der Waals surface area contributed by atoms with Crippen LogP contribution in [0.2, 0.25) is 0 Å². The number of rotatable bonds is 5. The number of para-hydroxylation sites is 1. The molecule has 0 saturated heterocycles. The number of carbonyl (C=O) groups is 1. The van der Waals surface area contributed by atoms with Gasteiger partial charge in [0.1, 0.15) is 5.75 Å². The number of carbonyl (C=O) groups excluding carboxylic acids is 1. The summed E-state index contributed by atoms with van der Waals surface area (Å²) in [6.07, 6.45) is 0. The SMILES string of the molecule is COc1ccccc1-c1cc(-c2cccc(NC(=O)c3ccccc3)c2)n[nH]1. The van der Waals surface area contributed by atoms with Crippen LogP contribution in [0.25, 0.3) is 22.5 Å². The lowest BCUT2D eigenvalue weighted by atomic mass is 10.1. The molecule has 5 nitrogen and oxygen atoms in total. The Kier molecular flexibility index (Phi) is 4.89. The largest absolute Gasteiger partial charge is 0.496 e. The highest BCUT2D eigenvalue weighted by atomic mass is 16.5. The summed E-state index contributed by atoms with van der Waals surface area (Å²) < 4.78 is 5.42. The third-order valence-corrected chi connectivity index (χ3v) is 4.43. The van der Waals surface area contributed by atoms with Crippen molar-refractivity contribution in [2.45, 2.75) is 0 Å². The average Bonchev–Trinajstić information content (AvgIpc) is 3.25. The zero-order valence-electron chi connectivity index (χ0n) is 15.3. The van der Waals surface area contributed by atoms with Crippen molar-refractivity contribution in [3.05, 3.63) is 90.5 Å². The number of hydrogen-bond acceptors (Lipinski definition) is 3. The van der Waals surface area contributed by atoms with Crippen molar-refractivity contribution in [2.75, 3.05) is 12.4 Å². The second-order valence-corrected chi connectivity index (χ2v) is 6.27. The van der Waals surface area contributed by atoms with Gasteiger partial charge in [-0.2, -0.15) is 5.10 Å². The van der Waals surface area contributed by atoms with E-state index in [1.807, 2.05) is 72.8 Å². The lowest BCUT2D eigenvalue weighted by molar-refractivity contribution is 0.102. The van der Waals surface area contributed by atoms with Gasteiger partial charge in [0.15, 0.2) is 0 Å². The Balaban J connectivity index is 1.58. The van der Waals surface area contributed by atoms with Gasteiger partial charge in [0.25, 0.3) is 5.91 Å². The van der Waals surface area contributed by atoms with Gasteiger partial charge in [0, 0.05) is 22.4 Å². The van der Waals surface area contributed by atoms with E-state index in [1.54, 1.807) is 19.2 Å². The highest BCUT2D eigenvalue weighted by Crippen LogP contribution is 2.31. The molecule has 0 aliphatic heterocycles. The van der Waals surface area contributed by atoms with Crippen LogP contribution in [0.1, 0.15) is 10.4 Å². The molecule has 1 heterocycles. The van der Waals surface area contributed by atoms with Crippen molar-refractivity contribution in [3.63, 3.8) is 0 Å². The molecular weight excluding hydrogens is 350 g/mol. The summed E-state index contributed by atoms with van der Waals surface area (Å²) in [5.74, 6) is 0.635. The standard InChI is InChI=1S/C23H19N3O2/c1-28-22-13-6-5-12-19(22)21-15-20(25-26-21)17-10-7-11-18(14-17)24-23(27)16-8-3-2-4-9-16/h2-15H,1H3,(H,24,27)(H,25,26). The molecule has 4 rings (SSSR count). The van der Waals surface area contributed by atoms with Crippen molar-refractivity contribution in [3.8, 4) is 28.3 Å². The fourth-order valence-corrected chi connectivity index (χ4v) is 3.02. The molecule has 0 bridgehead atoms. The Morgan fingerprint density at radius 1 is 0.929 bits per heavy atom. The van der Waals surface area contributed by atoms with Gasteiger partial charge in [-0.3, -0.25) is 9.89 Å².